The van der Waals surface area contributed by atoms with Gasteiger partial charge in [0.15, 0.2) is 11.3 Å². The highest BCUT2D eigenvalue weighted by molar-refractivity contribution is 7.92. The summed E-state index contributed by atoms with van der Waals surface area (Å²) in [7, 11) is -4.22. The van der Waals surface area contributed by atoms with E-state index in [1.807, 2.05) is 0 Å². The van der Waals surface area contributed by atoms with E-state index in [1.165, 1.54) is 24.3 Å². The molecule has 31 heavy (non-hydrogen) atoms. The zero-order valence-corrected chi connectivity index (χ0v) is 17.0. The summed E-state index contributed by atoms with van der Waals surface area (Å²) in [5.41, 5.74) is -0.965. The van der Waals surface area contributed by atoms with Crippen molar-refractivity contribution in [1.82, 2.24) is 10.1 Å². The predicted octanol–water partition coefficient (Wildman–Crippen LogP) is 4.27. The van der Waals surface area contributed by atoms with Gasteiger partial charge in [-0.05, 0) is 55.7 Å². The van der Waals surface area contributed by atoms with Gasteiger partial charge in [0.1, 0.15) is 0 Å². The Kier molecular flexibility index (Phi) is 5.38. The van der Waals surface area contributed by atoms with E-state index in [2.05, 4.69) is 9.88 Å². The molecule has 0 saturated carbocycles. The van der Waals surface area contributed by atoms with Crippen LogP contribution in [-0.4, -0.2) is 37.5 Å². The van der Waals surface area contributed by atoms with Crippen LogP contribution in [0.25, 0.3) is 11.0 Å². The van der Waals surface area contributed by atoms with Gasteiger partial charge in [-0.25, -0.2) is 8.42 Å². The number of hydrogen-bond acceptors (Lipinski definition) is 5. The molecule has 0 radical (unpaired) electrons. The lowest BCUT2D eigenvalue weighted by molar-refractivity contribution is -0.137. The lowest BCUT2D eigenvalue weighted by Gasteiger charge is -2.25. The molecule has 3 aromatic rings. The van der Waals surface area contributed by atoms with E-state index >= 15 is 0 Å². The Morgan fingerprint density at radius 1 is 1.06 bits per heavy atom. The third-order valence-electron chi connectivity index (χ3n) is 5.04. The normalized spacial score (nSPS) is 15.3. The average molecular weight is 453 g/mol. The molecule has 1 aliphatic heterocycles. The predicted molar refractivity (Wildman–Crippen MR) is 106 cm³/mol. The Morgan fingerprint density at radius 2 is 1.81 bits per heavy atom. The maximum Gasteiger partial charge on any atom is 0.416 e. The van der Waals surface area contributed by atoms with Gasteiger partial charge in [0, 0.05) is 18.8 Å². The molecule has 0 atom stereocenters. The summed E-state index contributed by atoms with van der Waals surface area (Å²) >= 11 is 0. The number of halogens is 3. The van der Waals surface area contributed by atoms with Gasteiger partial charge in [-0.15, -0.1) is 0 Å². The number of nitrogens with one attached hydrogen (secondary N) is 1. The average Bonchev–Trinajstić information content (AvgIpc) is 3.16. The Morgan fingerprint density at radius 3 is 2.52 bits per heavy atom. The minimum Gasteiger partial charge on any atom is -0.355 e. The highest BCUT2D eigenvalue weighted by Gasteiger charge is 2.31. The van der Waals surface area contributed by atoms with Crippen molar-refractivity contribution in [2.24, 2.45) is 0 Å². The molecule has 164 valence electrons. The Balaban J connectivity index is 1.65. The van der Waals surface area contributed by atoms with E-state index < -0.39 is 21.8 Å². The van der Waals surface area contributed by atoms with E-state index in [0.29, 0.717) is 19.2 Å². The molecular formula is C20H18F3N3O4S. The second kappa shape index (κ2) is 7.88. The molecule has 11 heteroatoms. The molecule has 1 aromatic heterocycles. The summed E-state index contributed by atoms with van der Waals surface area (Å²) in [6, 6.07) is 7.71. The number of alkyl halides is 3. The van der Waals surface area contributed by atoms with E-state index in [9.17, 15) is 26.4 Å². The highest BCUT2D eigenvalue weighted by Crippen LogP contribution is 2.31. The van der Waals surface area contributed by atoms with Gasteiger partial charge in [-0.1, -0.05) is 11.2 Å². The summed E-state index contributed by atoms with van der Waals surface area (Å²) in [6.07, 6.45) is -1.82. The molecule has 0 unspecified atom stereocenters. The molecule has 1 N–H and O–H groups in total. The number of fused-ring (bicyclic) bond motifs is 1. The quantitative estimate of drug-likeness (QED) is 0.637. The van der Waals surface area contributed by atoms with Gasteiger partial charge in [-0.3, -0.25) is 9.52 Å². The van der Waals surface area contributed by atoms with Crippen LogP contribution in [-0.2, 0) is 16.2 Å². The third-order valence-corrected chi connectivity index (χ3v) is 6.42. The van der Waals surface area contributed by atoms with Crippen LogP contribution in [0.2, 0.25) is 0 Å². The molecule has 1 saturated heterocycles. The zero-order valence-electron chi connectivity index (χ0n) is 16.1. The lowest BCUT2D eigenvalue weighted by atomic mass is 10.1. The maximum absolute atomic E-state index is 12.9. The molecule has 1 fully saturated rings. The fourth-order valence-electron chi connectivity index (χ4n) is 3.46. The maximum atomic E-state index is 12.9. The van der Waals surface area contributed by atoms with Crippen LogP contribution in [0.15, 0.2) is 51.9 Å². The molecule has 2 heterocycles. The number of rotatable bonds is 4. The molecule has 1 aliphatic rings. The van der Waals surface area contributed by atoms with Gasteiger partial charge in [0.05, 0.1) is 15.8 Å². The molecule has 0 bridgehead atoms. The first-order valence-electron chi connectivity index (χ1n) is 9.54. The number of carbonyl (C=O) groups is 1. The molecular weight excluding hydrogens is 435 g/mol. The van der Waals surface area contributed by atoms with Crippen LogP contribution >= 0.6 is 0 Å². The first-order chi connectivity index (χ1) is 14.6. The number of anilines is 1. The molecule has 0 aliphatic carbocycles. The van der Waals surface area contributed by atoms with Crippen molar-refractivity contribution in [3.63, 3.8) is 0 Å². The fourth-order valence-corrected chi connectivity index (χ4v) is 4.53. The van der Waals surface area contributed by atoms with Crippen molar-refractivity contribution in [2.75, 3.05) is 17.8 Å². The number of sulfonamides is 1. The van der Waals surface area contributed by atoms with Crippen LogP contribution in [0.1, 0.15) is 35.3 Å². The standard InChI is InChI=1S/C20H18F3N3O4S/c21-20(22,23)13-5-4-6-14(11-13)25-31(28,29)15-7-8-17-16(12-15)18(24-30-17)19(27)26-9-2-1-3-10-26/h4-8,11-12,25H,1-3,9-10H2. The molecule has 7 nitrogen and oxygen atoms in total. The molecule has 4 rings (SSSR count). The number of carbonyl (C=O) groups excluding carboxylic acids is 1. The van der Waals surface area contributed by atoms with Gasteiger partial charge in [0.2, 0.25) is 0 Å². The number of benzene rings is 2. The summed E-state index contributed by atoms with van der Waals surface area (Å²) < 4.78 is 71.6. The number of amides is 1. The van der Waals surface area contributed by atoms with E-state index in [1.54, 1.807) is 4.90 Å². The summed E-state index contributed by atoms with van der Waals surface area (Å²) in [4.78, 5) is 14.2. The van der Waals surface area contributed by atoms with E-state index in [0.717, 1.165) is 31.4 Å². The van der Waals surface area contributed by atoms with Crippen molar-refractivity contribution in [3.05, 3.63) is 53.7 Å². The Hall–Kier alpha value is -3.08. The van der Waals surface area contributed by atoms with Gasteiger partial charge < -0.3 is 9.42 Å². The van der Waals surface area contributed by atoms with Crippen LogP contribution < -0.4 is 4.72 Å². The van der Waals surface area contributed by atoms with E-state index in [-0.39, 0.29) is 33.2 Å². The fraction of sp³-hybridized carbons (Fsp3) is 0.300. The molecule has 1 amide bonds. The van der Waals surface area contributed by atoms with Crippen LogP contribution in [0.4, 0.5) is 18.9 Å². The van der Waals surface area contributed by atoms with Gasteiger partial charge in [0.25, 0.3) is 15.9 Å². The minimum absolute atomic E-state index is 0.00742. The minimum atomic E-state index is -4.60. The van der Waals surface area contributed by atoms with Crippen LogP contribution in [0.3, 0.4) is 0 Å². The van der Waals surface area contributed by atoms with Crippen LogP contribution in [0, 0.1) is 0 Å². The number of nitrogens with zero attached hydrogens (tertiary/aromatic N) is 2. The van der Waals surface area contributed by atoms with Crippen molar-refractivity contribution in [2.45, 2.75) is 30.3 Å². The SMILES string of the molecule is O=C(c1noc2ccc(S(=O)(=O)Nc3cccc(C(F)(F)F)c3)cc12)N1CCCCC1. The summed E-state index contributed by atoms with van der Waals surface area (Å²) in [5, 5.41) is 4.03. The Bertz CT molecular complexity index is 1230. The number of likely N-dealkylation sites (tertiary alicyclic amines) is 1. The zero-order chi connectivity index (χ0) is 22.2. The first-order valence-corrected chi connectivity index (χ1v) is 11.0. The van der Waals surface area contributed by atoms with Crippen LogP contribution in [0.5, 0.6) is 0 Å². The smallest absolute Gasteiger partial charge is 0.355 e. The second-order valence-corrected chi connectivity index (χ2v) is 8.91. The van der Waals surface area contributed by atoms with Crippen molar-refractivity contribution in [3.8, 4) is 0 Å². The van der Waals surface area contributed by atoms with E-state index in [4.69, 9.17) is 4.52 Å². The number of aromatic nitrogens is 1. The lowest BCUT2D eigenvalue weighted by Crippen LogP contribution is -2.35. The Labute approximate surface area is 175 Å². The van der Waals surface area contributed by atoms with Gasteiger partial charge in [-0.2, -0.15) is 13.2 Å². The third kappa shape index (κ3) is 4.36. The first kappa shape index (κ1) is 21.2. The molecule has 0 spiro atoms. The van der Waals surface area contributed by atoms with Crippen molar-refractivity contribution in [1.29, 1.82) is 0 Å². The summed E-state index contributed by atoms with van der Waals surface area (Å²) in [6.45, 7) is 1.17. The largest absolute Gasteiger partial charge is 0.416 e. The highest BCUT2D eigenvalue weighted by atomic mass is 32.2. The van der Waals surface area contributed by atoms with Crippen molar-refractivity contribution >= 4 is 32.6 Å². The monoisotopic (exact) mass is 453 g/mol. The van der Waals surface area contributed by atoms with Gasteiger partial charge >= 0.3 is 6.18 Å². The molecule has 2 aromatic carbocycles. The topological polar surface area (TPSA) is 92.5 Å². The number of piperidine rings is 1. The van der Waals surface area contributed by atoms with Crippen molar-refractivity contribution < 1.29 is 30.9 Å². The summed E-state index contributed by atoms with van der Waals surface area (Å²) in [5.74, 6) is -0.348. The number of hydrogen-bond donors (Lipinski definition) is 1. The second-order valence-electron chi connectivity index (χ2n) is 7.23.